The summed E-state index contributed by atoms with van der Waals surface area (Å²) in [6.07, 6.45) is 1.41. The number of anilines is 2. The summed E-state index contributed by atoms with van der Waals surface area (Å²) in [6.45, 7) is 0.0106. The largest absolute Gasteiger partial charge is 0.477 e. The highest BCUT2D eigenvalue weighted by atomic mass is 32.2. The van der Waals surface area contributed by atoms with Gasteiger partial charge >= 0.3 is 5.97 Å². The molecule has 2 aliphatic rings. The average Bonchev–Trinajstić information content (AvgIpc) is 3.27. The van der Waals surface area contributed by atoms with Gasteiger partial charge in [-0.15, -0.1) is 11.8 Å². The number of aromatic nitrogens is 3. The van der Waals surface area contributed by atoms with Crippen molar-refractivity contribution < 1.29 is 33.7 Å². The van der Waals surface area contributed by atoms with E-state index in [9.17, 15) is 24.3 Å². The summed E-state index contributed by atoms with van der Waals surface area (Å²) in [6, 6.07) is 1.91. The second-order valence-electron chi connectivity index (χ2n) is 7.53. The number of oxime groups is 1. The molecule has 2 atom stereocenters. The predicted octanol–water partition coefficient (Wildman–Crippen LogP) is -2.12. The number of hydrogen-bond donors (Lipinski definition) is 5. The van der Waals surface area contributed by atoms with E-state index in [1.807, 2.05) is 0 Å². The van der Waals surface area contributed by atoms with Crippen LogP contribution in [0.5, 0.6) is 0 Å². The molecule has 4 heterocycles. The van der Waals surface area contributed by atoms with Crippen LogP contribution >= 0.6 is 23.3 Å². The lowest BCUT2D eigenvalue weighted by Gasteiger charge is -2.49. The smallest absolute Gasteiger partial charge is 0.352 e. The number of β-lactam (4-membered cyclic amide) rings is 1. The molecule has 0 saturated carbocycles. The van der Waals surface area contributed by atoms with E-state index < -0.39 is 35.1 Å². The monoisotopic (exact) mass is 534 g/mol. The zero-order valence-electron chi connectivity index (χ0n) is 18.6. The summed E-state index contributed by atoms with van der Waals surface area (Å²) in [5.41, 5.74) is 16.9. The SMILES string of the molecule is CO/N=C(\C(=O)N[C@@H]1C(=O)N2C(C(=O)O)=C(C[n+]3cc(C(N)=O)ccc3N)CS[C@@H]12)c1nsc(N)n1. The fourth-order valence-electron chi connectivity index (χ4n) is 3.67. The number of carboxylic acid groups (broad SMARTS) is 1. The van der Waals surface area contributed by atoms with Gasteiger partial charge in [-0.25, -0.2) is 9.36 Å². The fourth-order valence-corrected chi connectivity index (χ4v) is 5.44. The molecule has 188 valence electrons. The molecule has 17 heteroatoms. The third kappa shape index (κ3) is 4.52. The maximum atomic E-state index is 13.0. The Balaban J connectivity index is 1.56. The van der Waals surface area contributed by atoms with Crippen LogP contribution in [0.1, 0.15) is 16.2 Å². The topological polar surface area (TPSA) is 233 Å². The number of nitrogen functional groups attached to an aromatic ring is 2. The van der Waals surface area contributed by atoms with Crippen molar-refractivity contribution in [3.8, 4) is 0 Å². The van der Waals surface area contributed by atoms with Crippen LogP contribution in [0.15, 0.2) is 34.8 Å². The van der Waals surface area contributed by atoms with Crippen molar-refractivity contribution in [2.45, 2.75) is 18.0 Å². The summed E-state index contributed by atoms with van der Waals surface area (Å²) >= 11 is 2.11. The van der Waals surface area contributed by atoms with Gasteiger partial charge in [0.05, 0.1) is 5.56 Å². The van der Waals surface area contributed by atoms with E-state index in [4.69, 9.17) is 22.0 Å². The lowest BCUT2D eigenvalue weighted by atomic mass is 10.0. The van der Waals surface area contributed by atoms with E-state index >= 15 is 0 Å². The van der Waals surface area contributed by atoms with Gasteiger partial charge in [0.25, 0.3) is 23.5 Å². The zero-order chi connectivity index (χ0) is 26.1. The standard InChI is InChI=1S/C19H19N9O6S2/c1-34-25-10(14-24-19(22)36-26-14)15(30)23-11-16(31)28-12(18(32)33)8(6-35-17(11)28)5-27-4-7(13(21)29)2-3-9(27)20/h2-4,11,17,20H,5-6H2,1H3,(H6,21,22,23,24,26,29,30,32,33)/p+1/b25-10-/t11-,17+/m1/s1. The molecule has 0 bridgehead atoms. The Hall–Kier alpha value is -4.25. The molecule has 0 aromatic carbocycles. The third-order valence-corrected chi connectivity index (χ3v) is 7.18. The summed E-state index contributed by atoms with van der Waals surface area (Å²) < 4.78 is 5.40. The molecule has 0 spiro atoms. The normalized spacial score (nSPS) is 19.4. The number of nitrogens with two attached hydrogens (primary N) is 3. The number of carboxylic acids is 1. The highest BCUT2D eigenvalue weighted by Gasteiger charge is 2.54. The number of carbonyl (C=O) groups is 4. The number of hydrogen-bond acceptors (Lipinski definition) is 12. The molecule has 4 rings (SSSR count). The number of rotatable bonds is 8. The Morgan fingerprint density at radius 3 is 2.72 bits per heavy atom. The number of pyridine rings is 1. The molecule has 1 fully saturated rings. The van der Waals surface area contributed by atoms with Crippen LogP contribution in [0, 0.1) is 0 Å². The lowest BCUT2D eigenvalue weighted by Crippen LogP contribution is -2.71. The van der Waals surface area contributed by atoms with Crippen molar-refractivity contribution >= 4 is 63.6 Å². The van der Waals surface area contributed by atoms with Gasteiger partial charge in [-0.2, -0.15) is 9.36 Å². The maximum absolute atomic E-state index is 13.0. The van der Waals surface area contributed by atoms with E-state index in [-0.39, 0.29) is 46.0 Å². The van der Waals surface area contributed by atoms with Gasteiger partial charge in [-0.1, -0.05) is 5.16 Å². The minimum absolute atomic E-state index is 0.0106. The number of nitrogens with one attached hydrogen (secondary N) is 1. The van der Waals surface area contributed by atoms with Crippen molar-refractivity contribution in [2.24, 2.45) is 10.9 Å². The Bertz CT molecular complexity index is 1340. The number of nitrogens with zero attached hydrogens (tertiary/aromatic N) is 5. The molecule has 36 heavy (non-hydrogen) atoms. The van der Waals surface area contributed by atoms with Gasteiger partial charge in [0.2, 0.25) is 11.5 Å². The minimum atomic E-state index is -1.32. The van der Waals surface area contributed by atoms with Gasteiger partial charge in [0.1, 0.15) is 37.0 Å². The molecule has 15 nitrogen and oxygen atoms in total. The predicted molar refractivity (Wildman–Crippen MR) is 127 cm³/mol. The number of amides is 3. The first-order valence-corrected chi connectivity index (χ1v) is 11.9. The Labute approximate surface area is 211 Å². The number of aliphatic carboxylic acids is 1. The number of fused-ring (bicyclic) bond motifs is 1. The Kier molecular flexibility index (Phi) is 6.75. The molecule has 0 unspecified atom stereocenters. The van der Waals surface area contributed by atoms with Crippen LogP contribution in [0.4, 0.5) is 10.9 Å². The molecule has 0 radical (unpaired) electrons. The van der Waals surface area contributed by atoms with Gasteiger partial charge in [0, 0.05) is 28.9 Å². The molecular weight excluding hydrogens is 514 g/mol. The van der Waals surface area contributed by atoms with Crippen molar-refractivity contribution in [1.29, 1.82) is 0 Å². The Morgan fingerprint density at radius 1 is 1.36 bits per heavy atom. The number of primary amides is 1. The van der Waals surface area contributed by atoms with Crippen LogP contribution in [-0.2, 0) is 25.8 Å². The quantitative estimate of drug-likeness (QED) is 0.106. The average molecular weight is 535 g/mol. The van der Waals surface area contributed by atoms with Crippen LogP contribution < -0.4 is 27.1 Å². The van der Waals surface area contributed by atoms with Crippen LogP contribution in [0.3, 0.4) is 0 Å². The van der Waals surface area contributed by atoms with Crippen LogP contribution in [0.25, 0.3) is 0 Å². The summed E-state index contributed by atoms with van der Waals surface area (Å²) in [4.78, 5) is 59.1. The highest BCUT2D eigenvalue weighted by Crippen LogP contribution is 2.40. The fraction of sp³-hybridized carbons (Fsp3) is 0.263. The molecule has 1 saturated heterocycles. The molecule has 2 aliphatic heterocycles. The second kappa shape index (κ2) is 9.78. The molecule has 3 amide bonds. The highest BCUT2D eigenvalue weighted by molar-refractivity contribution is 8.00. The first kappa shape index (κ1) is 24.9. The minimum Gasteiger partial charge on any atom is -0.477 e. The lowest BCUT2D eigenvalue weighted by molar-refractivity contribution is -0.674. The molecule has 8 N–H and O–H groups in total. The summed E-state index contributed by atoms with van der Waals surface area (Å²) in [5.74, 6) is -2.98. The first-order chi connectivity index (χ1) is 17.1. The molecule has 0 aliphatic carbocycles. The van der Waals surface area contributed by atoms with Gasteiger partial charge in [-0.05, 0) is 6.07 Å². The van der Waals surface area contributed by atoms with Crippen molar-refractivity contribution in [1.82, 2.24) is 19.6 Å². The number of carbonyl (C=O) groups excluding carboxylic acids is 3. The first-order valence-electron chi connectivity index (χ1n) is 10.1. The molecule has 2 aromatic heterocycles. The van der Waals surface area contributed by atoms with E-state index in [0.717, 1.165) is 16.4 Å². The van der Waals surface area contributed by atoms with E-state index in [0.29, 0.717) is 5.57 Å². The van der Waals surface area contributed by atoms with Gasteiger partial charge in [-0.3, -0.25) is 25.0 Å². The van der Waals surface area contributed by atoms with Crippen molar-refractivity contribution in [2.75, 3.05) is 24.3 Å². The van der Waals surface area contributed by atoms with Gasteiger partial charge in [0.15, 0.2) is 5.13 Å². The second-order valence-corrected chi connectivity index (χ2v) is 9.42. The molecular formula is C19H20N9O6S2+. The van der Waals surface area contributed by atoms with Crippen molar-refractivity contribution in [3.63, 3.8) is 0 Å². The zero-order valence-corrected chi connectivity index (χ0v) is 20.2. The third-order valence-electron chi connectivity index (χ3n) is 5.29. The van der Waals surface area contributed by atoms with E-state index in [1.165, 1.54) is 41.8 Å². The molecule has 2 aromatic rings. The van der Waals surface area contributed by atoms with Gasteiger partial charge < -0.3 is 26.7 Å². The van der Waals surface area contributed by atoms with Crippen LogP contribution in [-0.4, -0.2) is 73.0 Å². The summed E-state index contributed by atoms with van der Waals surface area (Å²) in [7, 11) is 1.23. The summed E-state index contributed by atoms with van der Waals surface area (Å²) in [5, 5.41) is 15.5. The van der Waals surface area contributed by atoms with Crippen LogP contribution in [0.2, 0.25) is 0 Å². The van der Waals surface area contributed by atoms with E-state index in [1.54, 1.807) is 0 Å². The Morgan fingerprint density at radius 2 is 2.11 bits per heavy atom. The van der Waals surface area contributed by atoms with E-state index in [2.05, 4.69) is 19.8 Å². The number of thioether (sulfide) groups is 1. The maximum Gasteiger partial charge on any atom is 0.352 e. The van der Waals surface area contributed by atoms with Crippen molar-refractivity contribution in [3.05, 3.63) is 41.0 Å².